The highest BCUT2D eigenvalue weighted by molar-refractivity contribution is 7.92. The van der Waals surface area contributed by atoms with Gasteiger partial charge < -0.3 is 9.64 Å². The minimum absolute atomic E-state index is 0.0652. The summed E-state index contributed by atoms with van der Waals surface area (Å²) in [4.78, 5) is 12.7. The van der Waals surface area contributed by atoms with E-state index in [-0.39, 0.29) is 25.9 Å². The number of piperidine rings is 1. The quantitative estimate of drug-likeness (QED) is 0.738. The number of carbonyl (C=O) groups is 1. The number of ether oxygens (including phenoxy) is 1. The van der Waals surface area contributed by atoms with Crippen molar-refractivity contribution in [1.82, 2.24) is 14.7 Å². The van der Waals surface area contributed by atoms with E-state index >= 15 is 4.39 Å². The number of aromatic nitrogens is 2. The average Bonchev–Trinajstić information content (AvgIpc) is 2.96. The third kappa shape index (κ3) is 4.44. The molecule has 0 N–H and O–H groups in total. The molecule has 0 saturated carbocycles. The van der Waals surface area contributed by atoms with E-state index < -0.39 is 49.5 Å². The van der Waals surface area contributed by atoms with Gasteiger partial charge in [-0.25, -0.2) is 26.4 Å². The molecule has 28 heavy (non-hydrogen) atoms. The van der Waals surface area contributed by atoms with E-state index in [0.29, 0.717) is 0 Å². The molecule has 1 aliphatic rings. The summed E-state index contributed by atoms with van der Waals surface area (Å²) in [5.74, 6) is -0.957. The summed E-state index contributed by atoms with van der Waals surface area (Å²) < 4.78 is 73.6. The normalized spacial score (nSPS) is 19.0. The third-order valence-corrected chi connectivity index (χ3v) is 7.00. The second-order valence-corrected chi connectivity index (χ2v) is 10.3. The Morgan fingerprint density at radius 2 is 1.79 bits per heavy atom. The Morgan fingerprint density at radius 3 is 2.25 bits per heavy atom. The zero-order valence-electron chi connectivity index (χ0n) is 16.6. The van der Waals surface area contributed by atoms with Crippen LogP contribution in [0.2, 0.25) is 0 Å². The van der Waals surface area contributed by atoms with E-state index in [2.05, 4.69) is 5.10 Å². The van der Waals surface area contributed by atoms with Gasteiger partial charge in [-0.2, -0.15) is 5.10 Å². The van der Waals surface area contributed by atoms with Crippen LogP contribution >= 0.6 is 0 Å². The maximum absolute atomic E-state index is 15.5. The number of hydrogen-bond acceptors (Lipinski definition) is 5. The van der Waals surface area contributed by atoms with Crippen molar-refractivity contribution in [1.29, 1.82) is 0 Å². The van der Waals surface area contributed by atoms with Crippen LogP contribution in [-0.2, 0) is 21.6 Å². The van der Waals surface area contributed by atoms with E-state index in [4.69, 9.17) is 4.74 Å². The second kappa shape index (κ2) is 7.57. The predicted octanol–water partition coefficient (Wildman–Crippen LogP) is 3.46. The summed E-state index contributed by atoms with van der Waals surface area (Å²) >= 11 is 0. The lowest BCUT2D eigenvalue weighted by Gasteiger charge is -2.37. The van der Waals surface area contributed by atoms with Crippen molar-refractivity contribution in [3.8, 4) is 0 Å². The van der Waals surface area contributed by atoms with Crippen LogP contribution < -0.4 is 0 Å². The highest BCUT2D eigenvalue weighted by Gasteiger charge is 2.50. The molecule has 1 fully saturated rings. The number of amides is 1. The molecule has 1 aliphatic heterocycles. The van der Waals surface area contributed by atoms with Crippen molar-refractivity contribution in [2.24, 2.45) is 13.0 Å². The monoisotopic (exact) mass is 425 g/mol. The van der Waals surface area contributed by atoms with Crippen molar-refractivity contribution in [3.05, 3.63) is 11.9 Å². The number of nitrogens with zero attached hydrogens (tertiary/aromatic N) is 3. The number of likely N-dealkylation sites (tertiary alicyclic amines) is 1. The number of rotatable bonds is 4. The van der Waals surface area contributed by atoms with Crippen molar-refractivity contribution >= 4 is 15.9 Å². The van der Waals surface area contributed by atoms with Gasteiger partial charge in [0.15, 0.2) is 0 Å². The van der Waals surface area contributed by atoms with Crippen LogP contribution in [0.4, 0.5) is 18.0 Å². The molecule has 0 bridgehead atoms. The number of hydrogen-bond donors (Lipinski definition) is 0. The molecule has 2 heterocycles. The maximum Gasteiger partial charge on any atom is 0.410 e. The van der Waals surface area contributed by atoms with Crippen LogP contribution in [0.1, 0.15) is 52.7 Å². The zero-order valence-corrected chi connectivity index (χ0v) is 17.4. The largest absolute Gasteiger partial charge is 0.444 e. The van der Waals surface area contributed by atoms with E-state index in [1.165, 1.54) is 11.9 Å². The molecule has 2 rings (SSSR count). The molecule has 0 radical (unpaired) electrons. The summed E-state index contributed by atoms with van der Waals surface area (Å²) in [5.41, 5.74) is -1.64. The first kappa shape index (κ1) is 22.5. The highest BCUT2D eigenvalue weighted by Crippen LogP contribution is 2.41. The first-order valence-electron chi connectivity index (χ1n) is 8.90. The van der Waals surface area contributed by atoms with Crippen LogP contribution in [0.25, 0.3) is 0 Å². The maximum atomic E-state index is 15.5. The Balaban J connectivity index is 2.19. The SMILES string of the molecule is Cn1cc(S(=O)(=O)[C@](C)(F)C2CCN(C(=O)OC(C)(C)C)CC2)c(C(F)F)n1. The van der Waals surface area contributed by atoms with Gasteiger partial charge in [0.25, 0.3) is 6.43 Å². The summed E-state index contributed by atoms with van der Waals surface area (Å²) in [5, 5.41) is 0.678. The van der Waals surface area contributed by atoms with Gasteiger partial charge in [0.2, 0.25) is 14.8 Å². The lowest BCUT2D eigenvalue weighted by molar-refractivity contribution is 0.0130. The third-order valence-electron chi connectivity index (χ3n) is 4.72. The molecule has 0 aliphatic carbocycles. The van der Waals surface area contributed by atoms with Gasteiger partial charge in [0, 0.05) is 32.3 Å². The summed E-state index contributed by atoms with van der Waals surface area (Å²) in [6.45, 7) is 6.27. The number of halogens is 3. The molecule has 160 valence electrons. The van der Waals surface area contributed by atoms with Gasteiger partial charge in [-0.3, -0.25) is 4.68 Å². The van der Waals surface area contributed by atoms with Crippen molar-refractivity contribution in [2.45, 2.75) is 62.5 Å². The topological polar surface area (TPSA) is 81.5 Å². The van der Waals surface area contributed by atoms with Gasteiger partial charge in [0.1, 0.15) is 16.2 Å². The average molecular weight is 425 g/mol. The molecule has 0 spiro atoms. The molecule has 11 heteroatoms. The Bertz CT molecular complexity index is 823. The van der Waals surface area contributed by atoms with Crippen LogP contribution in [-0.4, -0.2) is 52.9 Å². The Kier molecular flexibility index (Phi) is 6.08. The fourth-order valence-corrected chi connectivity index (χ4v) is 4.98. The molecular formula is C17H26F3N3O4S. The molecule has 1 aromatic heterocycles. The number of alkyl halides is 3. The van der Waals surface area contributed by atoms with Crippen LogP contribution in [0, 0.1) is 5.92 Å². The Morgan fingerprint density at radius 1 is 1.25 bits per heavy atom. The van der Waals surface area contributed by atoms with Crippen molar-refractivity contribution in [3.63, 3.8) is 0 Å². The molecule has 7 nitrogen and oxygen atoms in total. The molecule has 1 saturated heterocycles. The van der Waals surface area contributed by atoms with Gasteiger partial charge in [0.05, 0.1) is 0 Å². The lowest BCUT2D eigenvalue weighted by atomic mass is 9.92. The van der Waals surface area contributed by atoms with Crippen LogP contribution in [0.5, 0.6) is 0 Å². The van der Waals surface area contributed by atoms with Crippen LogP contribution in [0.3, 0.4) is 0 Å². The fourth-order valence-electron chi connectivity index (χ4n) is 3.18. The van der Waals surface area contributed by atoms with E-state index in [9.17, 15) is 22.0 Å². The lowest BCUT2D eigenvalue weighted by Crippen LogP contribution is -2.48. The first-order valence-corrected chi connectivity index (χ1v) is 10.4. The van der Waals surface area contributed by atoms with Gasteiger partial charge in [-0.05, 0) is 40.5 Å². The van der Waals surface area contributed by atoms with Crippen molar-refractivity contribution < 1.29 is 31.1 Å². The number of sulfone groups is 1. The van der Waals surface area contributed by atoms with E-state index in [1.807, 2.05) is 0 Å². The van der Waals surface area contributed by atoms with Gasteiger partial charge in [-0.1, -0.05) is 0 Å². The van der Waals surface area contributed by atoms with E-state index in [0.717, 1.165) is 17.8 Å². The first-order chi connectivity index (χ1) is 12.7. The summed E-state index contributed by atoms with van der Waals surface area (Å²) in [6, 6.07) is 0. The summed E-state index contributed by atoms with van der Waals surface area (Å²) in [7, 11) is -3.43. The molecule has 1 amide bonds. The zero-order chi connectivity index (χ0) is 21.5. The highest BCUT2D eigenvalue weighted by atomic mass is 32.2. The molecular weight excluding hydrogens is 399 g/mol. The van der Waals surface area contributed by atoms with Crippen molar-refractivity contribution in [2.75, 3.05) is 13.1 Å². The van der Waals surface area contributed by atoms with Gasteiger partial charge >= 0.3 is 6.09 Å². The standard InChI is InChI=1S/C17H26F3N3O4S/c1-16(2,3)27-15(24)23-8-6-11(7-9-23)17(4,20)28(25,26)12-10-22(5)21-13(12)14(18)19/h10-11,14H,6-9H2,1-5H3/t17-/m0/s1. The smallest absolute Gasteiger partial charge is 0.410 e. The minimum atomic E-state index is -4.72. The predicted molar refractivity (Wildman–Crippen MR) is 95.4 cm³/mol. The number of aryl methyl sites for hydroxylation is 1. The minimum Gasteiger partial charge on any atom is -0.444 e. The van der Waals surface area contributed by atoms with Crippen LogP contribution in [0.15, 0.2) is 11.1 Å². The molecule has 0 unspecified atom stereocenters. The Hall–Kier alpha value is -1.78. The fraction of sp³-hybridized carbons (Fsp3) is 0.765. The Labute approximate surface area is 162 Å². The molecule has 1 aromatic rings. The molecule has 0 aromatic carbocycles. The van der Waals surface area contributed by atoms with E-state index in [1.54, 1.807) is 20.8 Å². The second-order valence-electron chi connectivity index (χ2n) is 8.08. The van der Waals surface area contributed by atoms with Gasteiger partial charge in [-0.15, -0.1) is 0 Å². The molecule has 1 atom stereocenters. The summed E-state index contributed by atoms with van der Waals surface area (Å²) in [6.07, 6.45) is -2.67. The number of carbonyl (C=O) groups excluding carboxylic acids is 1.